The quantitative estimate of drug-likeness (QED) is 0.239. The Morgan fingerprint density at radius 2 is 2.08 bits per heavy atom. The molecule has 3 fully saturated rings. The van der Waals surface area contributed by atoms with Gasteiger partial charge in [-0.2, -0.15) is 15.2 Å². The summed E-state index contributed by atoms with van der Waals surface area (Å²) in [5, 5.41) is 10.5. The van der Waals surface area contributed by atoms with Crippen molar-refractivity contribution in [1.82, 2.24) is 14.9 Å². The van der Waals surface area contributed by atoms with Gasteiger partial charge in [-0.25, -0.2) is 13.2 Å². The Balaban J connectivity index is 1.36. The molecular weight excluding hydrogens is 665 g/mol. The van der Waals surface area contributed by atoms with E-state index in [4.69, 9.17) is 36.5 Å². The van der Waals surface area contributed by atoms with E-state index in [9.17, 15) is 9.65 Å². The third-order valence-electron chi connectivity index (χ3n) is 10.4. The lowest BCUT2D eigenvalue weighted by Crippen LogP contribution is -2.52. The summed E-state index contributed by atoms with van der Waals surface area (Å²) in [4.78, 5) is 13.8. The van der Waals surface area contributed by atoms with Crippen LogP contribution in [0.5, 0.6) is 11.8 Å². The van der Waals surface area contributed by atoms with Gasteiger partial charge in [0.25, 0.3) is 0 Å². The molecule has 0 spiro atoms. The minimum Gasteiger partial charge on any atom is -0.491 e. The number of morpholine rings is 1. The Morgan fingerprint density at radius 3 is 2.88 bits per heavy atom. The summed E-state index contributed by atoms with van der Waals surface area (Å²) in [5.74, 6) is -0.579. The fourth-order valence-electron chi connectivity index (χ4n) is 7.95. The Labute approximate surface area is 284 Å². The molecule has 8 rings (SSSR count). The fourth-order valence-corrected chi connectivity index (χ4v) is 9.24. The van der Waals surface area contributed by atoms with Crippen LogP contribution in [0, 0.1) is 28.9 Å². The average Bonchev–Trinajstić information content (AvgIpc) is 3.70. The summed E-state index contributed by atoms with van der Waals surface area (Å²) in [6, 6.07) is 4.47. The van der Waals surface area contributed by atoms with Crippen LogP contribution in [-0.4, -0.2) is 78.2 Å². The molecule has 3 saturated heterocycles. The number of nitrogens with two attached hydrogens (primary N) is 1. The number of fused-ring (bicyclic) bond motifs is 4. The number of anilines is 2. The summed E-state index contributed by atoms with van der Waals surface area (Å²) in [5.41, 5.74) is 5.68. The van der Waals surface area contributed by atoms with Crippen molar-refractivity contribution >= 4 is 54.7 Å². The third kappa shape index (κ3) is 4.86. The number of hydrogen-bond acceptors (Lipinski definition) is 10. The minimum atomic E-state index is -0.944. The first-order valence-corrected chi connectivity index (χ1v) is 17.5. The van der Waals surface area contributed by atoms with Crippen molar-refractivity contribution in [2.45, 2.75) is 63.4 Å². The number of aromatic nitrogens is 2. The molecule has 2 unspecified atom stereocenters. The third-order valence-corrected chi connectivity index (χ3v) is 11.8. The molecule has 48 heavy (non-hydrogen) atoms. The standard InChI is InChI=1S/C34H34ClF3N6O3S/c1-16(2)22-13-44-18(14-46-22)6-9-45-29-25-28(41-33(42-32(25)44)47-15-34-7-3-8-43(34)12-17(36)10-34)27(38)24(26(29)35)19-4-5-21(37)30-23(19)20(11-39)31(40)48-30/h4-5,16-18,22H,3,6-10,12-15,40H2,1-2H3/t17-,18?,22?,34+/m1/s1. The molecule has 4 aliphatic heterocycles. The van der Waals surface area contributed by atoms with Crippen molar-refractivity contribution < 1.29 is 27.4 Å². The Kier molecular flexibility index (Phi) is 7.78. The van der Waals surface area contributed by atoms with E-state index in [0.29, 0.717) is 38.4 Å². The molecule has 0 bridgehead atoms. The molecule has 2 aromatic carbocycles. The predicted molar refractivity (Wildman–Crippen MR) is 179 cm³/mol. The van der Waals surface area contributed by atoms with E-state index in [0.717, 1.165) is 30.7 Å². The Bertz CT molecular complexity index is 2010. The van der Waals surface area contributed by atoms with E-state index in [1.54, 1.807) is 0 Å². The van der Waals surface area contributed by atoms with Crippen LogP contribution in [0.25, 0.3) is 32.1 Å². The molecule has 4 atom stereocenters. The van der Waals surface area contributed by atoms with Crippen LogP contribution >= 0.6 is 22.9 Å². The van der Waals surface area contributed by atoms with Crippen LogP contribution in [0.3, 0.4) is 0 Å². The predicted octanol–water partition coefficient (Wildman–Crippen LogP) is 6.86. The summed E-state index contributed by atoms with van der Waals surface area (Å²) < 4.78 is 65.8. The highest BCUT2D eigenvalue weighted by Crippen LogP contribution is 2.51. The SMILES string of the molecule is CC(C)C1CN2c3nc(OC[C@@]45CCCN4C[C@H](F)C5)nc4c(F)c(-c5ccc(F)c6sc(N)c(C#N)c56)c(Cl)c(c34)OCCC2CO1. The van der Waals surface area contributed by atoms with E-state index in [1.807, 2.05) is 6.07 Å². The molecule has 4 aromatic rings. The number of ether oxygens (including phenoxy) is 3. The number of hydrogen-bond donors (Lipinski definition) is 1. The highest BCUT2D eigenvalue weighted by molar-refractivity contribution is 7.23. The number of nitrogens with zero attached hydrogens (tertiary/aromatic N) is 5. The number of nitrogen functional groups attached to an aromatic ring is 1. The van der Waals surface area contributed by atoms with Crippen LogP contribution in [0.1, 0.15) is 45.1 Å². The van der Waals surface area contributed by atoms with Gasteiger partial charge in [-0.1, -0.05) is 31.5 Å². The Morgan fingerprint density at radius 1 is 1.25 bits per heavy atom. The second-order valence-electron chi connectivity index (χ2n) is 13.6. The Hall–Kier alpha value is -3.57. The first kappa shape index (κ1) is 31.7. The van der Waals surface area contributed by atoms with Crippen molar-refractivity contribution in [2.24, 2.45) is 5.92 Å². The van der Waals surface area contributed by atoms with Crippen molar-refractivity contribution in [3.63, 3.8) is 0 Å². The van der Waals surface area contributed by atoms with Gasteiger partial charge in [-0.05, 0) is 36.9 Å². The zero-order chi connectivity index (χ0) is 33.5. The molecule has 0 radical (unpaired) electrons. The molecule has 0 amide bonds. The highest BCUT2D eigenvalue weighted by atomic mass is 35.5. The summed E-state index contributed by atoms with van der Waals surface area (Å²) in [6.45, 7) is 6.66. The van der Waals surface area contributed by atoms with E-state index in [1.165, 1.54) is 12.1 Å². The molecule has 6 heterocycles. The van der Waals surface area contributed by atoms with E-state index < -0.39 is 23.3 Å². The number of thiophene rings is 1. The summed E-state index contributed by atoms with van der Waals surface area (Å²) in [6.07, 6.45) is 1.60. The van der Waals surface area contributed by atoms with Crippen molar-refractivity contribution in [3.8, 4) is 29.0 Å². The first-order valence-electron chi connectivity index (χ1n) is 16.3. The number of alkyl halides is 1. The molecule has 252 valence electrons. The van der Waals surface area contributed by atoms with Crippen LogP contribution in [-0.2, 0) is 4.74 Å². The molecular formula is C34H34ClF3N6O3S. The van der Waals surface area contributed by atoms with Gasteiger partial charge in [0.05, 0.1) is 51.6 Å². The van der Waals surface area contributed by atoms with Crippen LogP contribution in [0.15, 0.2) is 12.1 Å². The first-order chi connectivity index (χ1) is 23.1. The maximum atomic E-state index is 17.3. The molecule has 0 saturated carbocycles. The summed E-state index contributed by atoms with van der Waals surface area (Å²) in [7, 11) is 0. The van der Waals surface area contributed by atoms with Crippen LogP contribution in [0.4, 0.5) is 24.0 Å². The highest BCUT2D eigenvalue weighted by Gasteiger charge is 2.49. The lowest BCUT2D eigenvalue weighted by Gasteiger charge is -2.43. The number of rotatable bonds is 5. The lowest BCUT2D eigenvalue weighted by molar-refractivity contribution is -0.0109. The smallest absolute Gasteiger partial charge is 0.319 e. The zero-order valence-electron chi connectivity index (χ0n) is 26.5. The maximum absolute atomic E-state index is 17.3. The van der Waals surface area contributed by atoms with E-state index >= 15 is 8.78 Å². The monoisotopic (exact) mass is 698 g/mol. The second-order valence-corrected chi connectivity index (χ2v) is 15.0. The lowest BCUT2D eigenvalue weighted by atomic mass is 9.95. The topological polar surface area (TPSA) is 110 Å². The molecule has 14 heteroatoms. The average molecular weight is 699 g/mol. The molecule has 9 nitrogen and oxygen atoms in total. The molecule has 0 aliphatic carbocycles. The number of nitriles is 1. The van der Waals surface area contributed by atoms with Gasteiger partial charge in [0, 0.05) is 36.9 Å². The second kappa shape index (κ2) is 11.8. The van der Waals surface area contributed by atoms with Gasteiger partial charge in [-0.3, -0.25) is 4.90 Å². The van der Waals surface area contributed by atoms with Crippen LogP contribution in [0.2, 0.25) is 5.02 Å². The summed E-state index contributed by atoms with van der Waals surface area (Å²) >= 11 is 7.99. The van der Waals surface area contributed by atoms with Gasteiger partial charge in [0.1, 0.15) is 41.0 Å². The fraction of sp³-hybridized carbons (Fsp3) is 0.500. The molecule has 2 N–H and O–H groups in total. The van der Waals surface area contributed by atoms with Gasteiger partial charge in [0.15, 0.2) is 11.6 Å². The number of halogens is 4. The van der Waals surface area contributed by atoms with Crippen molar-refractivity contribution in [1.29, 1.82) is 5.26 Å². The zero-order valence-corrected chi connectivity index (χ0v) is 28.1. The minimum absolute atomic E-state index is 0.0371. The van der Waals surface area contributed by atoms with Crippen molar-refractivity contribution in [2.75, 3.05) is 50.1 Å². The van der Waals surface area contributed by atoms with E-state index in [2.05, 4.69) is 28.6 Å². The molecule has 2 aromatic heterocycles. The largest absolute Gasteiger partial charge is 0.491 e. The normalized spacial score (nSPS) is 25.5. The van der Waals surface area contributed by atoms with Gasteiger partial charge in [0.2, 0.25) is 0 Å². The van der Waals surface area contributed by atoms with Crippen molar-refractivity contribution in [3.05, 3.63) is 34.4 Å². The van der Waals surface area contributed by atoms with Gasteiger partial charge in [-0.15, -0.1) is 11.3 Å². The maximum Gasteiger partial charge on any atom is 0.319 e. The van der Waals surface area contributed by atoms with Crippen LogP contribution < -0.4 is 20.1 Å². The van der Waals surface area contributed by atoms with Gasteiger partial charge < -0.3 is 24.8 Å². The number of benzene rings is 2. The molecule has 4 aliphatic rings. The van der Waals surface area contributed by atoms with E-state index in [-0.39, 0.29) is 90.7 Å². The van der Waals surface area contributed by atoms with Gasteiger partial charge >= 0.3 is 6.01 Å².